The minimum absolute atomic E-state index is 0.0981. The number of imide groups is 1. The largest absolute Gasteiger partial charge is 0.368 e. The van der Waals surface area contributed by atoms with Crippen LogP contribution in [-0.2, 0) is 9.59 Å². The molecule has 1 aromatic heterocycles. The Morgan fingerprint density at radius 2 is 1.85 bits per heavy atom. The molecular formula is C12H19N5O2S. The average molecular weight is 297 g/mol. The molecule has 1 atom stereocenters. The Morgan fingerprint density at radius 1 is 1.20 bits per heavy atom. The van der Waals surface area contributed by atoms with Crippen molar-refractivity contribution >= 4 is 29.5 Å². The minimum Gasteiger partial charge on any atom is -0.368 e. The third kappa shape index (κ3) is 2.52. The van der Waals surface area contributed by atoms with Gasteiger partial charge in [-0.05, 0) is 27.7 Å². The molecule has 1 aromatic rings. The van der Waals surface area contributed by atoms with Crippen LogP contribution in [0.1, 0.15) is 40.2 Å². The molecule has 2 N–H and O–H groups in total. The molecule has 0 saturated carbocycles. The van der Waals surface area contributed by atoms with Crippen molar-refractivity contribution in [3.05, 3.63) is 0 Å². The van der Waals surface area contributed by atoms with Gasteiger partial charge < -0.3 is 5.73 Å². The summed E-state index contributed by atoms with van der Waals surface area (Å²) < 4.78 is 1.76. The summed E-state index contributed by atoms with van der Waals surface area (Å²) in [6.45, 7) is 7.59. The number of amides is 2. The Morgan fingerprint density at radius 3 is 2.35 bits per heavy atom. The van der Waals surface area contributed by atoms with Crippen molar-refractivity contribution in [2.24, 2.45) is 0 Å². The first-order valence-corrected chi connectivity index (χ1v) is 7.43. The summed E-state index contributed by atoms with van der Waals surface area (Å²) in [6, 6.07) is -0.0189. The molecule has 1 saturated heterocycles. The molecule has 0 radical (unpaired) electrons. The number of thioether (sulfide) groups is 1. The second-order valence-corrected chi connectivity index (χ2v) is 6.48. The van der Waals surface area contributed by atoms with Gasteiger partial charge in [0.05, 0.1) is 0 Å². The zero-order chi connectivity index (χ0) is 15.0. The van der Waals surface area contributed by atoms with Crippen molar-refractivity contribution in [2.45, 2.75) is 56.6 Å². The SMILES string of the molecule is CC(C)N1C(=O)CC(Sc2nnc(N)n2C(C)C)C1=O. The lowest BCUT2D eigenvalue weighted by molar-refractivity contribution is -0.140. The first-order valence-electron chi connectivity index (χ1n) is 6.55. The van der Waals surface area contributed by atoms with Crippen LogP contribution in [0.25, 0.3) is 0 Å². The highest BCUT2D eigenvalue weighted by molar-refractivity contribution is 8.00. The summed E-state index contributed by atoms with van der Waals surface area (Å²) in [5, 5.41) is 7.98. The maximum absolute atomic E-state index is 12.2. The third-order valence-electron chi connectivity index (χ3n) is 3.11. The van der Waals surface area contributed by atoms with Crippen molar-refractivity contribution in [3.8, 4) is 0 Å². The second-order valence-electron chi connectivity index (χ2n) is 5.31. The Bertz CT molecular complexity index is 540. The summed E-state index contributed by atoms with van der Waals surface area (Å²) >= 11 is 1.26. The van der Waals surface area contributed by atoms with Gasteiger partial charge in [0.1, 0.15) is 5.25 Å². The quantitative estimate of drug-likeness (QED) is 0.835. The average Bonchev–Trinajstić information content (AvgIpc) is 2.81. The van der Waals surface area contributed by atoms with Crippen molar-refractivity contribution in [1.29, 1.82) is 0 Å². The smallest absolute Gasteiger partial charge is 0.243 e. The van der Waals surface area contributed by atoms with Gasteiger partial charge in [-0.1, -0.05) is 11.8 Å². The number of aromatic nitrogens is 3. The normalized spacial score (nSPS) is 19.7. The first kappa shape index (κ1) is 14.8. The van der Waals surface area contributed by atoms with E-state index in [1.807, 2.05) is 27.7 Å². The number of carbonyl (C=O) groups excluding carboxylic acids is 2. The summed E-state index contributed by atoms with van der Waals surface area (Å²) in [6.07, 6.45) is 0.201. The molecule has 1 unspecified atom stereocenters. The number of hydrogen-bond acceptors (Lipinski definition) is 6. The Labute approximate surface area is 121 Å². The van der Waals surface area contributed by atoms with Crippen LogP contribution < -0.4 is 5.73 Å². The molecule has 2 amide bonds. The summed E-state index contributed by atoms with van der Waals surface area (Å²) in [4.78, 5) is 25.4. The van der Waals surface area contributed by atoms with E-state index in [0.717, 1.165) is 0 Å². The molecule has 0 aliphatic carbocycles. The zero-order valence-electron chi connectivity index (χ0n) is 12.0. The predicted octanol–water partition coefficient (Wildman–Crippen LogP) is 1.07. The van der Waals surface area contributed by atoms with E-state index in [1.165, 1.54) is 16.7 Å². The molecule has 7 nitrogen and oxygen atoms in total. The lowest BCUT2D eigenvalue weighted by Gasteiger charge is -2.19. The van der Waals surface area contributed by atoms with Crippen molar-refractivity contribution in [3.63, 3.8) is 0 Å². The van der Waals surface area contributed by atoms with E-state index in [0.29, 0.717) is 11.1 Å². The summed E-state index contributed by atoms with van der Waals surface area (Å²) in [5.74, 6) is 0.0259. The summed E-state index contributed by atoms with van der Waals surface area (Å²) in [7, 11) is 0. The van der Waals surface area contributed by atoms with Crippen molar-refractivity contribution in [1.82, 2.24) is 19.7 Å². The molecule has 0 bridgehead atoms. The van der Waals surface area contributed by atoms with Crippen LogP contribution >= 0.6 is 11.8 Å². The van der Waals surface area contributed by atoms with Crippen LogP contribution in [0.4, 0.5) is 5.95 Å². The fourth-order valence-electron chi connectivity index (χ4n) is 2.24. The van der Waals surface area contributed by atoms with Gasteiger partial charge in [-0.2, -0.15) is 0 Å². The monoisotopic (exact) mass is 297 g/mol. The molecule has 0 aromatic carbocycles. The van der Waals surface area contributed by atoms with Gasteiger partial charge in [-0.15, -0.1) is 10.2 Å². The highest BCUT2D eigenvalue weighted by Gasteiger charge is 2.41. The van der Waals surface area contributed by atoms with Gasteiger partial charge >= 0.3 is 0 Å². The van der Waals surface area contributed by atoms with Crippen LogP contribution in [0, 0.1) is 0 Å². The number of rotatable bonds is 4. The molecule has 0 spiro atoms. The minimum atomic E-state index is -0.439. The van der Waals surface area contributed by atoms with Crippen LogP contribution in [0.3, 0.4) is 0 Å². The van der Waals surface area contributed by atoms with Gasteiger partial charge in [0.2, 0.25) is 17.8 Å². The predicted molar refractivity (Wildman–Crippen MR) is 76.1 cm³/mol. The van der Waals surface area contributed by atoms with Crippen LogP contribution in [0.5, 0.6) is 0 Å². The number of hydrogen-bond donors (Lipinski definition) is 1. The Kier molecular flexibility index (Phi) is 4.03. The van der Waals surface area contributed by atoms with Gasteiger partial charge in [-0.3, -0.25) is 19.1 Å². The molecule has 8 heteroatoms. The van der Waals surface area contributed by atoms with Crippen molar-refractivity contribution in [2.75, 3.05) is 5.73 Å². The fourth-order valence-corrected chi connectivity index (χ4v) is 3.44. The van der Waals surface area contributed by atoms with Gasteiger partial charge in [0.25, 0.3) is 0 Å². The number of carbonyl (C=O) groups is 2. The number of nitrogens with two attached hydrogens (primary N) is 1. The summed E-state index contributed by atoms with van der Waals surface area (Å²) in [5.41, 5.74) is 5.77. The van der Waals surface area contributed by atoms with E-state index < -0.39 is 5.25 Å². The molecule has 1 fully saturated rings. The van der Waals surface area contributed by atoms with Gasteiger partial charge in [-0.25, -0.2) is 0 Å². The van der Waals surface area contributed by atoms with Crippen molar-refractivity contribution < 1.29 is 9.59 Å². The van der Waals surface area contributed by atoms with E-state index >= 15 is 0 Å². The van der Waals surface area contributed by atoms with E-state index in [2.05, 4.69) is 10.2 Å². The van der Waals surface area contributed by atoms with Gasteiger partial charge in [0, 0.05) is 18.5 Å². The second kappa shape index (κ2) is 5.43. The lowest BCUT2D eigenvalue weighted by atomic mass is 10.3. The highest BCUT2D eigenvalue weighted by Crippen LogP contribution is 2.33. The topological polar surface area (TPSA) is 94.1 Å². The first-order chi connectivity index (χ1) is 9.32. The van der Waals surface area contributed by atoms with Crippen LogP contribution in [0.15, 0.2) is 5.16 Å². The van der Waals surface area contributed by atoms with Crippen LogP contribution in [0.2, 0.25) is 0 Å². The third-order valence-corrected chi connectivity index (χ3v) is 4.25. The highest BCUT2D eigenvalue weighted by atomic mass is 32.2. The molecular weight excluding hydrogens is 278 g/mol. The van der Waals surface area contributed by atoms with Crippen LogP contribution in [-0.4, -0.2) is 42.8 Å². The maximum atomic E-state index is 12.2. The number of anilines is 1. The van der Waals surface area contributed by atoms with E-state index in [4.69, 9.17) is 5.73 Å². The Balaban J connectivity index is 2.20. The number of nitrogen functional groups attached to an aromatic ring is 1. The number of nitrogens with zero attached hydrogens (tertiary/aromatic N) is 4. The molecule has 20 heavy (non-hydrogen) atoms. The van der Waals surface area contributed by atoms with E-state index in [1.54, 1.807) is 4.57 Å². The Hall–Kier alpha value is -1.57. The molecule has 2 heterocycles. The zero-order valence-corrected chi connectivity index (χ0v) is 12.8. The lowest BCUT2D eigenvalue weighted by Crippen LogP contribution is -2.37. The molecule has 1 aliphatic heterocycles. The van der Waals surface area contributed by atoms with Gasteiger partial charge in [0.15, 0.2) is 5.16 Å². The van der Waals surface area contributed by atoms with E-state index in [9.17, 15) is 9.59 Å². The molecule has 2 rings (SSSR count). The molecule has 110 valence electrons. The number of likely N-dealkylation sites (tertiary alicyclic amines) is 1. The van der Waals surface area contributed by atoms with E-state index in [-0.39, 0.29) is 30.3 Å². The fraction of sp³-hybridized carbons (Fsp3) is 0.667. The maximum Gasteiger partial charge on any atom is 0.243 e. The molecule has 1 aliphatic rings. The standard InChI is InChI=1S/C12H19N5O2S/c1-6(2)16-9(18)5-8(10(16)19)20-12-15-14-11(13)17(12)7(3)4/h6-8H,5H2,1-4H3,(H2,13,14).